The first-order valence-electron chi connectivity index (χ1n) is 7.70. The fourth-order valence-electron chi connectivity index (χ4n) is 2.35. The molecule has 0 saturated heterocycles. The molecule has 0 aliphatic carbocycles. The predicted octanol–water partition coefficient (Wildman–Crippen LogP) is 4.75. The Morgan fingerprint density at radius 2 is 1.96 bits per heavy atom. The smallest absolute Gasteiger partial charge is 0.319 e. The van der Waals surface area contributed by atoms with Crippen LogP contribution < -0.4 is 10.6 Å². The first-order chi connectivity index (χ1) is 11.6. The number of carbonyl (C=O) groups excluding carboxylic acids is 1. The van der Waals surface area contributed by atoms with Crippen LogP contribution in [0.15, 0.2) is 53.5 Å². The Morgan fingerprint density at radius 3 is 2.71 bits per heavy atom. The minimum absolute atomic E-state index is 0.223. The Hall–Kier alpha value is -2.66. The van der Waals surface area contributed by atoms with Crippen molar-refractivity contribution >= 4 is 23.1 Å². The highest BCUT2D eigenvalue weighted by Crippen LogP contribution is 2.22. The molecule has 3 aromatic rings. The van der Waals surface area contributed by atoms with Crippen LogP contribution in [0.5, 0.6) is 0 Å². The maximum Gasteiger partial charge on any atom is 0.319 e. The van der Waals surface area contributed by atoms with Gasteiger partial charge in [0.05, 0.1) is 0 Å². The lowest BCUT2D eigenvalue weighted by Gasteiger charge is -2.10. The Labute approximate surface area is 145 Å². The molecule has 2 amide bonds. The molecule has 3 rings (SSSR count). The van der Waals surface area contributed by atoms with Crippen LogP contribution >= 0.6 is 11.3 Å². The lowest BCUT2D eigenvalue weighted by molar-refractivity contribution is 0.251. The molecule has 1 aromatic carbocycles. The highest BCUT2D eigenvalue weighted by molar-refractivity contribution is 7.08. The van der Waals surface area contributed by atoms with Crippen LogP contribution in [0, 0.1) is 13.8 Å². The number of anilines is 1. The van der Waals surface area contributed by atoms with E-state index in [1.807, 2.05) is 49.7 Å². The van der Waals surface area contributed by atoms with Gasteiger partial charge in [-0.05, 0) is 71.1 Å². The van der Waals surface area contributed by atoms with Crippen molar-refractivity contribution < 1.29 is 4.79 Å². The Morgan fingerprint density at radius 1 is 1.08 bits per heavy atom. The van der Waals surface area contributed by atoms with Crippen molar-refractivity contribution in [2.45, 2.75) is 20.4 Å². The SMILES string of the molecule is Cc1ccc(NC(=O)NCc2cncc(-c3ccsc3)c2)cc1C. The van der Waals surface area contributed by atoms with Gasteiger partial charge in [0.25, 0.3) is 0 Å². The second-order valence-electron chi connectivity index (χ2n) is 5.70. The van der Waals surface area contributed by atoms with Crippen molar-refractivity contribution in [3.8, 4) is 11.1 Å². The third-order valence-corrected chi connectivity index (χ3v) is 4.55. The summed E-state index contributed by atoms with van der Waals surface area (Å²) in [7, 11) is 0. The van der Waals surface area contributed by atoms with Crippen molar-refractivity contribution in [2.75, 3.05) is 5.32 Å². The second kappa shape index (κ2) is 7.27. The molecule has 0 fully saturated rings. The summed E-state index contributed by atoms with van der Waals surface area (Å²) >= 11 is 1.65. The first kappa shape index (κ1) is 16.2. The Balaban J connectivity index is 1.60. The van der Waals surface area contributed by atoms with E-state index >= 15 is 0 Å². The molecule has 4 nitrogen and oxygen atoms in total. The summed E-state index contributed by atoms with van der Waals surface area (Å²) < 4.78 is 0. The van der Waals surface area contributed by atoms with E-state index in [1.165, 1.54) is 5.56 Å². The molecule has 0 aliphatic heterocycles. The van der Waals surface area contributed by atoms with Crippen LogP contribution in [0.1, 0.15) is 16.7 Å². The highest BCUT2D eigenvalue weighted by Gasteiger charge is 2.05. The summed E-state index contributed by atoms with van der Waals surface area (Å²) in [6.07, 6.45) is 3.60. The number of aryl methyl sites for hydroxylation is 2. The molecule has 2 N–H and O–H groups in total. The molecule has 0 spiro atoms. The van der Waals surface area contributed by atoms with Gasteiger partial charge in [0.1, 0.15) is 0 Å². The van der Waals surface area contributed by atoms with Crippen LogP contribution in [0.2, 0.25) is 0 Å². The molecule has 0 atom stereocenters. The number of carbonyl (C=O) groups is 1. The molecule has 24 heavy (non-hydrogen) atoms. The van der Waals surface area contributed by atoms with E-state index in [0.29, 0.717) is 6.54 Å². The monoisotopic (exact) mass is 337 g/mol. The summed E-state index contributed by atoms with van der Waals surface area (Å²) in [5.41, 5.74) is 6.33. The number of hydrogen-bond acceptors (Lipinski definition) is 3. The van der Waals surface area contributed by atoms with Gasteiger partial charge >= 0.3 is 6.03 Å². The van der Waals surface area contributed by atoms with E-state index in [0.717, 1.165) is 27.9 Å². The van der Waals surface area contributed by atoms with Crippen LogP contribution in [-0.2, 0) is 6.54 Å². The summed E-state index contributed by atoms with van der Waals surface area (Å²) in [4.78, 5) is 16.3. The largest absolute Gasteiger partial charge is 0.334 e. The number of urea groups is 1. The van der Waals surface area contributed by atoms with Gasteiger partial charge in [0.2, 0.25) is 0 Å². The summed E-state index contributed by atoms with van der Waals surface area (Å²) in [6, 6.07) is 9.75. The number of benzene rings is 1. The molecule has 5 heteroatoms. The average Bonchev–Trinajstić information content (AvgIpc) is 3.11. The number of thiophene rings is 1. The van der Waals surface area contributed by atoms with Crippen molar-refractivity contribution in [2.24, 2.45) is 0 Å². The first-order valence-corrected chi connectivity index (χ1v) is 8.65. The predicted molar refractivity (Wildman–Crippen MR) is 99.3 cm³/mol. The molecule has 122 valence electrons. The number of aromatic nitrogens is 1. The molecule has 0 radical (unpaired) electrons. The Bertz CT molecular complexity index is 844. The van der Waals surface area contributed by atoms with Crippen molar-refractivity contribution in [3.05, 3.63) is 70.2 Å². The Kier molecular flexibility index (Phi) is 4.91. The van der Waals surface area contributed by atoms with Gasteiger partial charge in [-0.3, -0.25) is 4.98 Å². The van der Waals surface area contributed by atoms with Gasteiger partial charge in [0, 0.05) is 30.2 Å². The van der Waals surface area contributed by atoms with E-state index in [2.05, 4.69) is 27.1 Å². The fraction of sp³-hybridized carbons (Fsp3) is 0.158. The van der Waals surface area contributed by atoms with Crippen LogP contribution in [0.3, 0.4) is 0 Å². The molecular formula is C19H19N3OS. The number of hydrogen-bond donors (Lipinski definition) is 2. The maximum atomic E-state index is 12.1. The normalized spacial score (nSPS) is 10.4. The van der Waals surface area contributed by atoms with E-state index in [9.17, 15) is 4.79 Å². The minimum Gasteiger partial charge on any atom is -0.334 e. The van der Waals surface area contributed by atoms with E-state index in [4.69, 9.17) is 0 Å². The summed E-state index contributed by atoms with van der Waals surface area (Å²) in [6.45, 7) is 4.51. The van der Waals surface area contributed by atoms with Gasteiger partial charge in [-0.25, -0.2) is 4.79 Å². The van der Waals surface area contributed by atoms with E-state index in [1.54, 1.807) is 17.5 Å². The third kappa shape index (κ3) is 4.00. The molecule has 0 saturated carbocycles. The van der Waals surface area contributed by atoms with Gasteiger partial charge in [0.15, 0.2) is 0 Å². The van der Waals surface area contributed by atoms with Crippen molar-refractivity contribution in [1.82, 2.24) is 10.3 Å². The number of amides is 2. The standard InChI is InChI=1S/C19H19N3OS/c1-13-3-4-18(7-14(13)2)22-19(23)21-10-15-8-17(11-20-9-15)16-5-6-24-12-16/h3-9,11-12H,10H2,1-2H3,(H2,21,22,23). The van der Waals surface area contributed by atoms with Crippen LogP contribution in [0.4, 0.5) is 10.5 Å². The number of pyridine rings is 1. The molecule has 2 heterocycles. The van der Waals surface area contributed by atoms with Gasteiger partial charge < -0.3 is 10.6 Å². The number of nitrogens with zero attached hydrogens (tertiary/aromatic N) is 1. The molecule has 0 unspecified atom stereocenters. The lowest BCUT2D eigenvalue weighted by atomic mass is 10.1. The van der Waals surface area contributed by atoms with E-state index < -0.39 is 0 Å². The minimum atomic E-state index is -0.223. The molecular weight excluding hydrogens is 318 g/mol. The zero-order valence-electron chi connectivity index (χ0n) is 13.7. The van der Waals surface area contributed by atoms with Gasteiger partial charge in [-0.2, -0.15) is 11.3 Å². The van der Waals surface area contributed by atoms with Crippen molar-refractivity contribution in [1.29, 1.82) is 0 Å². The third-order valence-electron chi connectivity index (χ3n) is 3.87. The number of rotatable bonds is 4. The van der Waals surface area contributed by atoms with Crippen LogP contribution in [-0.4, -0.2) is 11.0 Å². The highest BCUT2D eigenvalue weighted by atomic mass is 32.1. The maximum absolute atomic E-state index is 12.1. The van der Waals surface area contributed by atoms with E-state index in [-0.39, 0.29) is 6.03 Å². The molecule has 0 bridgehead atoms. The fourth-order valence-corrected chi connectivity index (χ4v) is 3.01. The molecule has 2 aromatic heterocycles. The topological polar surface area (TPSA) is 54.0 Å². The van der Waals surface area contributed by atoms with Crippen LogP contribution in [0.25, 0.3) is 11.1 Å². The lowest BCUT2D eigenvalue weighted by Crippen LogP contribution is -2.28. The quantitative estimate of drug-likeness (QED) is 0.722. The summed E-state index contributed by atoms with van der Waals surface area (Å²) in [5, 5.41) is 9.84. The zero-order chi connectivity index (χ0) is 16.9. The average molecular weight is 337 g/mol. The zero-order valence-corrected chi connectivity index (χ0v) is 14.5. The second-order valence-corrected chi connectivity index (χ2v) is 6.48. The molecule has 0 aliphatic rings. The van der Waals surface area contributed by atoms with Gasteiger partial charge in [-0.15, -0.1) is 0 Å². The van der Waals surface area contributed by atoms with Gasteiger partial charge in [-0.1, -0.05) is 6.07 Å². The van der Waals surface area contributed by atoms with Crippen molar-refractivity contribution in [3.63, 3.8) is 0 Å². The number of nitrogens with one attached hydrogen (secondary N) is 2. The summed E-state index contributed by atoms with van der Waals surface area (Å²) in [5.74, 6) is 0.